The molecule has 10 N–H and O–H groups in total. The number of benzene rings is 2. The lowest BCUT2D eigenvalue weighted by atomic mass is 9.89. The highest BCUT2D eigenvalue weighted by Gasteiger charge is 2.48. The van der Waals surface area contributed by atoms with Crippen LogP contribution in [0.2, 0.25) is 0 Å². The zero-order valence-electron chi connectivity index (χ0n) is 60.1. The van der Waals surface area contributed by atoms with Crippen LogP contribution in [0.5, 0.6) is 0 Å². The number of nitrogens with two attached hydrogens (primary N) is 1. The Balaban J connectivity index is 1.43. The highest BCUT2D eigenvalue weighted by atomic mass is 27.1. The molecule has 25 nitrogen and oxygen atoms in total. The highest BCUT2D eigenvalue weighted by Crippen LogP contribution is 2.35. The van der Waals surface area contributed by atoms with Crippen molar-refractivity contribution in [2.24, 2.45) is 41.2 Å². The Hall–Kier alpha value is -6.90. The third-order valence-corrected chi connectivity index (χ3v) is 19.5. The number of likely N-dealkylation sites (N-methyl/N-ethyl adjacent to an activating group) is 2. The third-order valence-electron chi connectivity index (χ3n) is 19.0. The normalized spacial score (nSPS) is 19.0. The molecule has 0 saturated carbocycles. The molecule has 2 aliphatic rings. The van der Waals surface area contributed by atoms with Crippen LogP contribution in [-0.4, -0.2) is 224 Å². The molecule has 13 atom stereocenters. The molecule has 4 rings (SSSR count). The van der Waals surface area contributed by atoms with Crippen LogP contribution in [0, 0.1) is 35.5 Å². The smallest absolute Gasteiger partial charge is 0.404 e. The summed E-state index contributed by atoms with van der Waals surface area (Å²) >= 11 is 0.323. The number of nitrogens with zero attached hydrogens (tertiary/aromatic N) is 4. The van der Waals surface area contributed by atoms with Gasteiger partial charge in [-0.05, 0) is 119 Å². The molecule has 0 bridgehead atoms. The van der Waals surface area contributed by atoms with Crippen LogP contribution in [0.4, 0.5) is 23.7 Å². The van der Waals surface area contributed by atoms with Crippen molar-refractivity contribution < 1.29 is 70.6 Å². The maximum atomic E-state index is 14.6. The van der Waals surface area contributed by atoms with Gasteiger partial charge in [-0.15, -0.1) is 0 Å². The lowest BCUT2D eigenvalue weighted by Gasteiger charge is -2.41. The van der Waals surface area contributed by atoms with Gasteiger partial charge in [0.1, 0.15) is 30.2 Å². The van der Waals surface area contributed by atoms with Gasteiger partial charge in [0, 0.05) is 65.3 Å². The number of amides is 11. The van der Waals surface area contributed by atoms with Crippen LogP contribution < -0.4 is 47.3 Å². The first-order valence-electron chi connectivity index (χ1n) is 34.4. The van der Waals surface area contributed by atoms with E-state index in [-0.39, 0.29) is 113 Å². The van der Waals surface area contributed by atoms with Crippen molar-refractivity contribution in [3.05, 3.63) is 65.7 Å². The lowest BCUT2D eigenvalue weighted by molar-refractivity contribution is -0.196. The highest BCUT2D eigenvalue weighted by molar-refractivity contribution is 6.14. The van der Waals surface area contributed by atoms with Gasteiger partial charge < -0.3 is 66.5 Å². The number of alkyl halides is 3. The first-order valence-corrected chi connectivity index (χ1v) is 35.4. The van der Waals surface area contributed by atoms with Crippen LogP contribution in [0.25, 0.3) is 0 Å². The summed E-state index contributed by atoms with van der Waals surface area (Å²) in [6.07, 6.45) is -4.24. The van der Waals surface area contributed by atoms with Gasteiger partial charge in [-0.1, -0.05) is 111 Å². The van der Waals surface area contributed by atoms with Crippen molar-refractivity contribution in [3.8, 4) is 0 Å². The predicted molar refractivity (Wildman–Crippen MR) is 370 cm³/mol. The number of primary amides is 1. The number of hydrogen-bond acceptors (Lipinski definition) is 14. The van der Waals surface area contributed by atoms with E-state index in [1.807, 2.05) is 90.9 Å². The van der Waals surface area contributed by atoms with E-state index in [1.165, 1.54) is 19.1 Å². The van der Waals surface area contributed by atoms with Gasteiger partial charge in [0.05, 0.1) is 42.7 Å². The molecule has 2 saturated heterocycles. The molecule has 2 fully saturated rings. The molecule has 2 heterocycles. The quantitative estimate of drug-likeness (QED) is 0.0342. The van der Waals surface area contributed by atoms with Gasteiger partial charge in [-0.2, -0.15) is 13.2 Å². The van der Waals surface area contributed by atoms with Gasteiger partial charge in [-0.25, -0.2) is 4.79 Å². The van der Waals surface area contributed by atoms with E-state index < -0.39 is 126 Å². The van der Waals surface area contributed by atoms with Crippen molar-refractivity contribution >= 4 is 81.4 Å². The average Bonchev–Trinajstić information content (AvgIpc) is 1.25. The number of carbonyl (C=O) groups is 10. The summed E-state index contributed by atoms with van der Waals surface area (Å²) in [5, 5.41) is 19.6. The van der Waals surface area contributed by atoms with E-state index in [9.17, 15) is 61.1 Å². The maximum absolute atomic E-state index is 14.6. The Kier molecular flexibility index (Phi) is 34.4. The Morgan fingerprint density at radius 3 is 1.92 bits per heavy atom. The van der Waals surface area contributed by atoms with Crippen molar-refractivity contribution in [1.82, 2.24) is 55.8 Å². The Morgan fingerprint density at radius 2 is 1.36 bits per heavy atom. The van der Waals surface area contributed by atoms with Crippen LogP contribution in [0.15, 0.2) is 54.6 Å². The number of halogens is 3. The molecule has 0 aliphatic carbocycles. The second-order valence-electron chi connectivity index (χ2n) is 27.4. The number of piperidine rings is 1. The molecule has 0 unspecified atom stereocenters. The fourth-order valence-corrected chi connectivity index (χ4v) is 13.8. The summed E-state index contributed by atoms with van der Waals surface area (Å²) in [7, 11) is 8.35. The molecule has 2 aromatic rings. The van der Waals surface area contributed by atoms with Crippen LogP contribution in [-0.2, 0) is 65.6 Å². The molecule has 548 valence electrons. The topological polar surface area (TPSA) is 324 Å². The fraction of sp³-hybridized carbons (Fsp3) is 0.681. The van der Waals surface area contributed by atoms with Gasteiger partial charge >= 0.3 is 28.7 Å². The molecule has 98 heavy (non-hydrogen) atoms. The van der Waals surface area contributed by atoms with Crippen molar-refractivity contribution in [3.63, 3.8) is 0 Å². The predicted octanol–water partition coefficient (Wildman–Crippen LogP) is 3.78. The van der Waals surface area contributed by atoms with Gasteiger partial charge in [0.15, 0.2) is 5.91 Å². The number of hydrogen-bond donors (Lipinski definition) is 9. The molecule has 0 aromatic heterocycles. The van der Waals surface area contributed by atoms with E-state index in [1.54, 1.807) is 61.9 Å². The summed E-state index contributed by atoms with van der Waals surface area (Å²) in [4.78, 5) is 143. The molecule has 0 spiro atoms. The molecule has 2 aliphatic heterocycles. The third kappa shape index (κ3) is 25.1. The van der Waals surface area contributed by atoms with Crippen LogP contribution in [0.3, 0.4) is 0 Å². The number of ether oxygens (including phenoxy) is 2. The Bertz CT molecular complexity index is 2930. The fourth-order valence-electron chi connectivity index (χ4n) is 13.4. The largest absolute Gasteiger partial charge is 0.452 e. The second kappa shape index (κ2) is 40.4. The first-order chi connectivity index (χ1) is 46.2. The molecule has 0 radical (unpaired) electrons. The Morgan fingerprint density at radius 1 is 0.714 bits per heavy atom. The van der Waals surface area contributed by atoms with Crippen molar-refractivity contribution in [1.29, 1.82) is 0 Å². The minimum Gasteiger partial charge on any atom is -0.452 e. The van der Waals surface area contributed by atoms with E-state index >= 15 is 0 Å². The number of methoxy groups -OCH3 is 2. The number of urea groups is 1. The zero-order valence-corrected chi connectivity index (χ0v) is 62.1. The summed E-state index contributed by atoms with van der Waals surface area (Å²) in [6.45, 7) is 17.2. The van der Waals surface area contributed by atoms with E-state index in [4.69, 9.17) is 15.2 Å². The molecule has 29 heteroatoms. The van der Waals surface area contributed by atoms with Crippen LogP contribution >= 0.6 is 0 Å². The summed E-state index contributed by atoms with van der Waals surface area (Å²) in [6, 6.07) is 7.33. The SMILES string of the molecule is CC[C@H](C)[C@@H]([C@@H](CC(=O)N1CCC[C@H]1[C@H](OC)[C@@H](C)C(=O)N[C@@H](Cc1ccccc1)C(=O)NCc1ccc(NC(=O)[C@H](CCCNC(N)=O)NC(=O)[C@@H](NC(=O)CCCN2CC[C@H](C(=O)[NH][AlH2])C[C@@H]2C(F)(F)F)C(C)C)cc1)OC)N(C)C(=O)[C@@H](NC(=O)[C@H](C(C)C)N(C)C)C(C)C. The average molecular weight is 1400 g/mol. The monoisotopic (exact) mass is 1400 g/mol. The van der Waals surface area contributed by atoms with Crippen LogP contribution in [0.1, 0.15) is 138 Å². The van der Waals surface area contributed by atoms with E-state index in [2.05, 4.69) is 41.5 Å². The van der Waals surface area contributed by atoms with Crippen molar-refractivity contribution in [2.75, 3.05) is 66.9 Å². The molecule has 2 aromatic carbocycles. The number of nitrogens with one attached hydrogen (secondary N) is 8. The number of carbonyl (C=O) groups excluding carboxylic acids is 10. The Labute approximate surface area is 585 Å². The summed E-state index contributed by atoms with van der Waals surface area (Å²) in [5.74, 6) is -6.52. The number of likely N-dealkylation sites (tertiary alicyclic amines) is 2. The maximum Gasteiger partial charge on any atom is 0.404 e. The standard InChI is InChI=1S/C69H110F3N13O12.Al.2H/c1-15-43(8)59(83(12)67(94)57(41(4)5)81-66(93)58(42(6)7)82(10)11)52(96-13)38-55(87)85-34-20-25-51(85)60(97-14)44(9)62(89)79-50(36-45-22-17-16-18-23-45)63(90)76-39-46-27-29-48(30-28-46)77-64(91)49(24-19-32-75-68(74)95)78-65(92)56(40(2)3)80-54(86)26-21-33-84-35-31-47(61(73)88)37-53(84)69(70,71)72;;;/h16-18,22-23,27-30,40-44,47,49-53,56-60H,15,19-21,24-26,31-39H2,1-14H3,(H11,73,74,75,76,77,78,79,80,81,86,88,89,90,91,92,93,95);;;/q;+1;;/p-1/t43-,44+,47-,49-,50-,51-,52+,53+,56-,57-,58-,59-,60+;;;/m0.../s1. The number of rotatable bonds is 38. The van der Waals surface area contributed by atoms with E-state index in [0.717, 1.165) is 5.56 Å². The number of anilines is 1. The minimum absolute atomic E-state index is 0.0130. The first kappa shape index (κ1) is 83.5. The molecular weight excluding hydrogens is 1290 g/mol. The van der Waals surface area contributed by atoms with E-state index in [0.29, 0.717) is 53.6 Å². The lowest BCUT2D eigenvalue weighted by Crippen LogP contribution is -2.59. The second-order valence-corrected chi connectivity index (χ2v) is 27.9. The van der Waals surface area contributed by atoms with Gasteiger partial charge in [0.25, 0.3) is 0 Å². The summed E-state index contributed by atoms with van der Waals surface area (Å²) in [5.41, 5.74) is 6.98. The summed E-state index contributed by atoms with van der Waals surface area (Å²) < 4.78 is 57.0. The zero-order chi connectivity index (χ0) is 73.3. The molecule has 11 amide bonds. The van der Waals surface area contributed by atoms with Crippen molar-refractivity contribution in [2.45, 2.75) is 206 Å². The minimum atomic E-state index is -4.58. The van der Waals surface area contributed by atoms with Gasteiger partial charge in [0.2, 0.25) is 47.3 Å². The van der Waals surface area contributed by atoms with Gasteiger partial charge in [-0.3, -0.25) is 53.0 Å². The molecular formula is C69H111AlF3N13O12.